The maximum atomic E-state index is 12.4. The number of nitro benzene ring substituents is 2. The second-order valence-electron chi connectivity index (χ2n) is 10.8. The molecule has 0 fully saturated rings. The van der Waals surface area contributed by atoms with E-state index < -0.39 is 35.2 Å². The lowest BCUT2D eigenvalue weighted by Crippen LogP contribution is -2.31. The first kappa shape index (κ1) is 40.5. The van der Waals surface area contributed by atoms with E-state index in [2.05, 4.69) is 20.1 Å². The summed E-state index contributed by atoms with van der Waals surface area (Å²) >= 11 is 1.12. The highest BCUT2D eigenvalue weighted by molar-refractivity contribution is 8.01. The Labute approximate surface area is 317 Å². The number of methoxy groups -OCH3 is 4. The third-order valence-electron chi connectivity index (χ3n) is 7.42. The summed E-state index contributed by atoms with van der Waals surface area (Å²) in [6.07, 6.45) is -1.99. The molecular weight excluding hydrogens is 744 g/mol. The molecule has 288 valence electrons. The van der Waals surface area contributed by atoms with Crippen LogP contribution in [0.5, 0.6) is 23.0 Å². The fourth-order valence-electron chi connectivity index (χ4n) is 4.65. The molecule has 6 N–H and O–H groups in total. The van der Waals surface area contributed by atoms with E-state index >= 15 is 0 Å². The normalized spacial score (nSPS) is 10.3. The van der Waals surface area contributed by atoms with Gasteiger partial charge in [0.05, 0.1) is 73.7 Å². The Kier molecular flexibility index (Phi) is 14.0. The van der Waals surface area contributed by atoms with Crippen molar-refractivity contribution in [3.63, 3.8) is 0 Å². The van der Waals surface area contributed by atoms with E-state index in [1.165, 1.54) is 40.6 Å². The minimum Gasteiger partial charge on any atom is -0.493 e. The summed E-state index contributed by atoms with van der Waals surface area (Å²) < 4.78 is 36.8. The van der Waals surface area contributed by atoms with E-state index in [4.69, 9.17) is 39.2 Å². The summed E-state index contributed by atoms with van der Waals surface area (Å²) in [7, 11) is 5.40. The first-order valence-corrected chi connectivity index (χ1v) is 16.4. The van der Waals surface area contributed by atoms with Crippen LogP contribution in [0.3, 0.4) is 0 Å². The Morgan fingerprint density at radius 3 is 1.24 bits per heavy atom. The predicted molar refractivity (Wildman–Crippen MR) is 200 cm³/mol. The summed E-state index contributed by atoms with van der Waals surface area (Å²) in [5.74, 6) is 0.193. The van der Waals surface area contributed by atoms with Crippen molar-refractivity contribution in [3.05, 3.63) is 115 Å². The number of amides is 2. The molecule has 0 unspecified atom stereocenters. The van der Waals surface area contributed by atoms with Gasteiger partial charge in [0.15, 0.2) is 23.0 Å². The highest BCUT2D eigenvalue weighted by Crippen LogP contribution is 2.36. The van der Waals surface area contributed by atoms with Gasteiger partial charge in [-0.3, -0.25) is 41.7 Å². The number of rotatable bonds is 16. The van der Waals surface area contributed by atoms with Gasteiger partial charge in [-0.2, -0.15) is 0 Å². The molecule has 20 nitrogen and oxygen atoms in total. The number of anilines is 2. The molecule has 0 saturated carbocycles. The second-order valence-corrected chi connectivity index (χ2v) is 11.4. The first-order valence-electron chi connectivity index (χ1n) is 15.6. The standard InChI is InChI=1S/C34H34N8O12S/c1-49-27-13-21(25(41(45)46)15-29(27)51-3)17-53-33(43)37-31(35)19-5-9-23(10-6-19)39-55-40-24-11-7-20(8-12-24)32(36)38-34(44)54-18-22-14-28(50-2)30(52-4)16-26(22)42(47)48/h5-16,39-40H,17-18H2,1-4H3,(H2,35,37,43)(H2,36,38,44). The molecule has 0 radical (unpaired) electrons. The van der Waals surface area contributed by atoms with E-state index in [0.717, 1.165) is 24.3 Å². The molecule has 0 aliphatic heterocycles. The van der Waals surface area contributed by atoms with Crippen LogP contribution in [0.4, 0.5) is 32.3 Å². The number of nitrogens with zero attached hydrogens (tertiary/aromatic N) is 2. The zero-order valence-corrected chi connectivity index (χ0v) is 30.4. The minimum atomic E-state index is -0.993. The number of amidine groups is 2. The van der Waals surface area contributed by atoms with Crippen LogP contribution in [0, 0.1) is 31.0 Å². The Morgan fingerprint density at radius 1 is 0.600 bits per heavy atom. The third-order valence-corrected chi connectivity index (χ3v) is 8.10. The number of carbonyl (C=O) groups excluding carboxylic acids is 2. The van der Waals surface area contributed by atoms with Crippen LogP contribution in [0.1, 0.15) is 22.3 Å². The highest BCUT2D eigenvalue weighted by atomic mass is 32.2. The summed E-state index contributed by atoms with van der Waals surface area (Å²) in [4.78, 5) is 46.4. The summed E-state index contributed by atoms with van der Waals surface area (Å²) in [6, 6.07) is 18.0. The van der Waals surface area contributed by atoms with Crippen LogP contribution in [-0.4, -0.2) is 62.1 Å². The van der Waals surface area contributed by atoms with Crippen molar-refractivity contribution < 1.29 is 47.9 Å². The van der Waals surface area contributed by atoms with Gasteiger partial charge in [-0.15, -0.1) is 0 Å². The topological polar surface area (TPSA) is 272 Å². The fraction of sp³-hybridized carbons (Fsp3) is 0.176. The lowest BCUT2D eigenvalue weighted by molar-refractivity contribution is -0.386. The Bertz CT molecular complexity index is 1930. The summed E-state index contributed by atoms with van der Waals surface area (Å²) in [6.45, 7) is -0.920. The largest absolute Gasteiger partial charge is 0.493 e. The zero-order valence-electron chi connectivity index (χ0n) is 29.5. The molecule has 0 saturated heterocycles. The van der Waals surface area contributed by atoms with E-state index in [1.54, 1.807) is 48.5 Å². The monoisotopic (exact) mass is 778 g/mol. The number of benzene rings is 4. The van der Waals surface area contributed by atoms with Gasteiger partial charge in [-0.05, 0) is 60.7 Å². The molecule has 21 heteroatoms. The number of nitro groups is 2. The average Bonchev–Trinajstić information content (AvgIpc) is 3.18. The van der Waals surface area contributed by atoms with Gasteiger partial charge >= 0.3 is 12.2 Å². The van der Waals surface area contributed by atoms with Gasteiger partial charge in [0.25, 0.3) is 11.4 Å². The number of alkyl carbamates (subject to hydrolysis) is 2. The molecule has 4 aromatic carbocycles. The maximum absolute atomic E-state index is 12.4. The SMILES string of the molecule is COc1cc(COC(=O)NC(=N)c2ccc(NSNc3ccc(C(=N)NC(=O)OCc4cc(OC)c(OC)cc4[N+](=O)[O-])cc3)cc2)c([N+](=O)[O-])cc1OC. The Hall–Kier alpha value is -7.29. The van der Waals surface area contributed by atoms with E-state index in [9.17, 15) is 29.8 Å². The van der Waals surface area contributed by atoms with Crippen LogP contribution in [0.2, 0.25) is 0 Å². The Morgan fingerprint density at radius 2 is 0.927 bits per heavy atom. The fourth-order valence-corrected chi connectivity index (χ4v) is 5.21. The maximum Gasteiger partial charge on any atom is 0.413 e. The predicted octanol–water partition coefficient (Wildman–Crippen LogP) is 6.13. The smallest absolute Gasteiger partial charge is 0.413 e. The third kappa shape index (κ3) is 10.9. The van der Waals surface area contributed by atoms with Crippen molar-refractivity contribution >= 4 is 58.7 Å². The average molecular weight is 779 g/mol. The Balaban J connectivity index is 1.21. The van der Waals surface area contributed by atoms with Gasteiger partial charge in [0, 0.05) is 22.5 Å². The number of hydrogen-bond acceptors (Lipinski definition) is 17. The molecule has 55 heavy (non-hydrogen) atoms. The van der Waals surface area contributed by atoms with Crippen LogP contribution in [-0.2, 0) is 22.7 Å². The lowest BCUT2D eigenvalue weighted by Gasteiger charge is -2.12. The molecule has 0 aliphatic rings. The van der Waals surface area contributed by atoms with Crippen LogP contribution < -0.4 is 39.0 Å². The number of hydrogen-bond donors (Lipinski definition) is 6. The van der Waals surface area contributed by atoms with Gasteiger partial charge < -0.3 is 37.9 Å². The van der Waals surface area contributed by atoms with E-state index in [0.29, 0.717) is 22.5 Å². The van der Waals surface area contributed by atoms with Crippen molar-refractivity contribution in [2.45, 2.75) is 13.2 Å². The van der Waals surface area contributed by atoms with Crippen molar-refractivity contribution in [2.75, 3.05) is 37.9 Å². The highest BCUT2D eigenvalue weighted by Gasteiger charge is 2.22. The number of ether oxygens (including phenoxy) is 6. The molecular formula is C34H34N8O12S. The first-order chi connectivity index (χ1) is 26.4. The molecule has 0 aliphatic carbocycles. The zero-order chi connectivity index (χ0) is 40.1. The van der Waals surface area contributed by atoms with E-state index in [1.807, 2.05) is 0 Å². The molecule has 0 heterocycles. The van der Waals surface area contributed by atoms with Gasteiger partial charge in [0.1, 0.15) is 24.9 Å². The molecule has 0 aromatic heterocycles. The molecule has 0 atom stereocenters. The van der Waals surface area contributed by atoms with Gasteiger partial charge in [-0.25, -0.2) is 9.59 Å². The summed E-state index contributed by atoms with van der Waals surface area (Å²) in [5.41, 5.74) is 1.49. The molecule has 0 spiro atoms. The second kappa shape index (κ2) is 19.0. The number of nitrogens with one attached hydrogen (secondary N) is 6. The van der Waals surface area contributed by atoms with Crippen molar-refractivity contribution in [2.24, 2.45) is 0 Å². The number of carbonyl (C=O) groups is 2. The molecule has 4 rings (SSSR count). The quantitative estimate of drug-likeness (QED) is 0.0245. The van der Waals surface area contributed by atoms with Crippen LogP contribution >= 0.6 is 12.1 Å². The van der Waals surface area contributed by atoms with E-state index in [-0.39, 0.29) is 57.2 Å². The van der Waals surface area contributed by atoms with Gasteiger partial charge in [0.2, 0.25) is 0 Å². The molecule has 4 aromatic rings. The van der Waals surface area contributed by atoms with Crippen LogP contribution in [0.25, 0.3) is 0 Å². The van der Waals surface area contributed by atoms with Crippen molar-refractivity contribution in [1.82, 2.24) is 10.6 Å². The van der Waals surface area contributed by atoms with Gasteiger partial charge in [-0.1, -0.05) is 0 Å². The molecule has 2 amide bonds. The molecule has 0 bridgehead atoms. The summed E-state index contributed by atoms with van der Waals surface area (Å²) in [5, 5.41) is 44.0. The van der Waals surface area contributed by atoms with Crippen molar-refractivity contribution in [3.8, 4) is 23.0 Å². The van der Waals surface area contributed by atoms with Crippen LogP contribution in [0.15, 0.2) is 72.8 Å². The van der Waals surface area contributed by atoms with Crippen molar-refractivity contribution in [1.29, 1.82) is 10.8 Å². The minimum absolute atomic E-state index is 0.0672. The lowest BCUT2D eigenvalue weighted by atomic mass is 10.1.